The molecule has 1 fully saturated rings. The zero-order valence-electron chi connectivity index (χ0n) is 12.7. The summed E-state index contributed by atoms with van der Waals surface area (Å²) in [6, 6.07) is 4.20. The van der Waals surface area contributed by atoms with Crippen LogP contribution in [0.3, 0.4) is 0 Å². The number of hydrogen-bond donors (Lipinski definition) is 1. The first kappa shape index (κ1) is 15.7. The highest BCUT2D eigenvalue weighted by molar-refractivity contribution is 7.15. The van der Waals surface area contributed by atoms with Gasteiger partial charge in [-0.05, 0) is 24.3 Å². The molecule has 1 saturated heterocycles. The molecule has 0 bridgehead atoms. The molecule has 1 N–H and O–H groups in total. The summed E-state index contributed by atoms with van der Waals surface area (Å²) in [5.74, 6) is 0.863. The summed E-state index contributed by atoms with van der Waals surface area (Å²) >= 11 is 4.26. The third-order valence-corrected chi connectivity index (χ3v) is 6.18. The van der Waals surface area contributed by atoms with E-state index < -0.39 is 0 Å². The van der Waals surface area contributed by atoms with Gasteiger partial charge in [-0.15, -0.1) is 22.7 Å². The van der Waals surface area contributed by atoms with E-state index >= 15 is 0 Å². The van der Waals surface area contributed by atoms with Gasteiger partial charge >= 0.3 is 0 Å². The lowest BCUT2D eigenvalue weighted by Gasteiger charge is -2.31. The van der Waals surface area contributed by atoms with Gasteiger partial charge in [0.2, 0.25) is 0 Å². The van der Waals surface area contributed by atoms with E-state index in [4.69, 9.17) is 0 Å². The molecule has 1 amide bonds. The number of amides is 1. The number of piperidine rings is 1. The first-order valence-electron chi connectivity index (χ1n) is 7.62. The van der Waals surface area contributed by atoms with Gasteiger partial charge in [-0.1, -0.05) is 6.07 Å². The van der Waals surface area contributed by atoms with Crippen molar-refractivity contribution in [2.24, 2.45) is 0 Å². The Bertz CT molecular complexity index is 791. The van der Waals surface area contributed by atoms with E-state index in [1.807, 2.05) is 22.9 Å². The van der Waals surface area contributed by atoms with Gasteiger partial charge in [-0.2, -0.15) is 8.75 Å². The van der Waals surface area contributed by atoms with Crippen LogP contribution >= 0.6 is 34.4 Å². The summed E-state index contributed by atoms with van der Waals surface area (Å²) in [4.78, 5) is 20.2. The molecule has 1 aliphatic rings. The lowest BCUT2D eigenvalue weighted by Crippen LogP contribution is -2.44. The van der Waals surface area contributed by atoms with Gasteiger partial charge in [-0.3, -0.25) is 4.79 Å². The van der Waals surface area contributed by atoms with Crippen LogP contribution in [0.25, 0.3) is 10.6 Å². The maximum atomic E-state index is 12.4. The van der Waals surface area contributed by atoms with Crippen molar-refractivity contribution in [3.05, 3.63) is 34.1 Å². The van der Waals surface area contributed by atoms with Crippen LogP contribution in [0, 0.1) is 0 Å². The van der Waals surface area contributed by atoms with Gasteiger partial charge in [0.05, 0.1) is 28.5 Å². The van der Waals surface area contributed by atoms with Gasteiger partial charge in [-0.25, -0.2) is 4.98 Å². The molecule has 0 unspecified atom stereocenters. The highest BCUT2D eigenvalue weighted by Gasteiger charge is 2.23. The first-order chi connectivity index (χ1) is 11.8. The van der Waals surface area contributed by atoms with Gasteiger partial charge < -0.3 is 10.2 Å². The average Bonchev–Trinajstić information content (AvgIpc) is 3.35. The summed E-state index contributed by atoms with van der Waals surface area (Å²) in [6.07, 6.45) is 3.62. The van der Waals surface area contributed by atoms with Gasteiger partial charge in [0.25, 0.3) is 5.91 Å². The SMILES string of the molecule is O=C(NC1CCN(c2cnsn2)CC1)c1nc(-c2cccs2)cs1. The zero-order valence-corrected chi connectivity index (χ0v) is 15.2. The fourth-order valence-electron chi connectivity index (χ4n) is 2.71. The summed E-state index contributed by atoms with van der Waals surface area (Å²) in [7, 11) is 0. The number of anilines is 1. The van der Waals surface area contributed by atoms with Crippen molar-refractivity contribution in [2.45, 2.75) is 18.9 Å². The van der Waals surface area contributed by atoms with Gasteiger partial charge in [0.1, 0.15) is 0 Å². The van der Waals surface area contributed by atoms with E-state index in [9.17, 15) is 4.79 Å². The molecule has 4 heterocycles. The van der Waals surface area contributed by atoms with Crippen LogP contribution in [0.15, 0.2) is 29.1 Å². The minimum Gasteiger partial charge on any atom is -0.354 e. The molecule has 3 aromatic rings. The minimum absolute atomic E-state index is 0.0726. The quantitative estimate of drug-likeness (QED) is 0.756. The Morgan fingerprint density at radius 2 is 2.17 bits per heavy atom. The van der Waals surface area contributed by atoms with E-state index in [0.29, 0.717) is 5.01 Å². The molecule has 1 aliphatic heterocycles. The molecule has 24 heavy (non-hydrogen) atoms. The standard InChI is InChI=1S/C15H15N5OS3/c21-14(15-18-11(9-23-15)12-2-1-7-22-12)17-10-3-5-20(6-4-10)13-8-16-24-19-13/h1-2,7-10H,3-6H2,(H,17,21). The summed E-state index contributed by atoms with van der Waals surface area (Å²) in [5, 5.41) is 7.60. The summed E-state index contributed by atoms with van der Waals surface area (Å²) in [6.45, 7) is 1.77. The number of carbonyl (C=O) groups excluding carboxylic acids is 1. The Hall–Kier alpha value is -1.84. The number of nitrogens with one attached hydrogen (secondary N) is 1. The average molecular weight is 378 g/mol. The van der Waals surface area contributed by atoms with Gasteiger partial charge in [0, 0.05) is 24.5 Å². The second-order valence-corrected chi connectivity index (χ2v) is 7.88. The Morgan fingerprint density at radius 1 is 1.29 bits per heavy atom. The van der Waals surface area contributed by atoms with Crippen LogP contribution in [0.4, 0.5) is 5.82 Å². The molecule has 9 heteroatoms. The number of nitrogens with zero attached hydrogens (tertiary/aromatic N) is 4. The van der Waals surface area contributed by atoms with E-state index in [0.717, 1.165) is 42.3 Å². The van der Waals surface area contributed by atoms with Crippen LogP contribution in [0.2, 0.25) is 0 Å². The van der Waals surface area contributed by atoms with E-state index in [-0.39, 0.29) is 11.9 Å². The highest BCUT2D eigenvalue weighted by atomic mass is 32.1. The van der Waals surface area contributed by atoms with Crippen LogP contribution in [0.1, 0.15) is 22.6 Å². The first-order valence-corrected chi connectivity index (χ1v) is 10.1. The van der Waals surface area contributed by atoms with Crippen molar-refractivity contribution in [3.63, 3.8) is 0 Å². The number of thiophene rings is 1. The molecule has 4 rings (SSSR count). The number of hydrogen-bond acceptors (Lipinski definition) is 8. The second-order valence-electron chi connectivity index (χ2n) is 5.52. The minimum atomic E-state index is -0.0726. The molecular formula is C15H15N5OS3. The lowest BCUT2D eigenvalue weighted by molar-refractivity contribution is 0.0931. The highest BCUT2D eigenvalue weighted by Crippen LogP contribution is 2.26. The second kappa shape index (κ2) is 6.96. The number of aromatic nitrogens is 3. The lowest BCUT2D eigenvalue weighted by atomic mass is 10.1. The van der Waals surface area contributed by atoms with Crippen molar-refractivity contribution < 1.29 is 4.79 Å². The van der Waals surface area contributed by atoms with E-state index in [2.05, 4.69) is 23.9 Å². The maximum Gasteiger partial charge on any atom is 0.280 e. The zero-order chi connectivity index (χ0) is 16.4. The fourth-order valence-corrected chi connectivity index (χ4v) is 4.63. The largest absolute Gasteiger partial charge is 0.354 e. The topological polar surface area (TPSA) is 71.0 Å². The maximum absolute atomic E-state index is 12.4. The van der Waals surface area contributed by atoms with Crippen molar-refractivity contribution in [3.8, 4) is 10.6 Å². The third-order valence-electron chi connectivity index (χ3n) is 3.98. The molecule has 6 nitrogen and oxygen atoms in total. The number of carbonyl (C=O) groups is 1. The molecule has 0 saturated carbocycles. The Morgan fingerprint density at radius 3 is 2.88 bits per heavy atom. The monoisotopic (exact) mass is 377 g/mol. The van der Waals surface area contributed by atoms with E-state index in [1.165, 1.54) is 23.1 Å². The molecule has 124 valence electrons. The molecule has 3 aromatic heterocycles. The van der Waals surface area contributed by atoms with Crippen LogP contribution in [0.5, 0.6) is 0 Å². The van der Waals surface area contributed by atoms with Crippen molar-refractivity contribution in [1.29, 1.82) is 0 Å². The Balaban J connectivity index is 1.34. The van der Waals surface area contributed by atoms with Crippen LogP contribution < -0.4 is 10.2 Å². The van der Waals surface area contributed by atoms with Crippen LogP contribution in [-0.4, -0.2) is 38.8 Å². The molecular weight excluding hydrogens is 362 g/mol. The normalized spacial score (nSPS) is 15.6. The molecule has 0 aromatic carbocycles. The Kier molecular flexibility index (Phi) is 4.54. The Labute approximate surface area is 151 Å². The molecule has 0 atom stereocenters. The summed E-state index contributed by atoms with van der Waals surface area (Å²) in [5.41, 5.74) is 0.881. The predicted octanol–water partition coefficient (Wildman–Crippen LogP) is 3.12. The third kappa shape index (κ3) is 3.33. The fraction of sp³-hybridized carbons (Fsp3) is 0.333. The predicted molar refractivity (Wildman–Crippen MR) is 98.0 cm³/mol. The van der Waals surface area contributed by atoms with Crippen LogP contribution in [-0.2, 0) is 0 Å². The van der Waals surface area contributed by atoms with Crippen molar-refractivity contribution in [2.75, 3.05) is 18.0 Å². The number of thiazole rings is 1. The van der Waals surface area contributed by atoms with Crippen molar-refractivity contribution >= 4 is 46.1 Å². The summed E-state index contributed by atoms with van der Waals surface area (Å²) < 4.78 is 8.30. The molecule has 0 radical (unpaired) electrons. The van der Waals surface area contributed by atoms with Gasteiger partial charge in [0.15, 0.2) is 10.8 Å². The molecule has 0 aliphatic carbocycles. The smallest absolute Gasteiger partial charge is 0.280 e. The number of rotatable bonds is 4. The molecule has 0 spiro atoms. The van der Waals surface area contributed by atoms with Crippen molar-refractivity contribution in [1.82, 2.24) is 19.0 Å². The van der Waals surface area contributed by atoms with E-state index in [1.54, 1.807) is 17.5 Å².